The van der Waals surface area contributed by atoms with Gasteiger partial charge in [0.2, 0.25) is 5.91 Å². The molecule has 5 rings (SSSR count). The summed E-state index contributed by atoms with van der Waals surface area (Å²) in [5.74, 6) is -0.267. The summed E-state index contributed by atoms with van der Waals surface area (Å²) in [6, 6.07) is 16.5. The van der Waals surface area contributed by atoms with E-state index in [0.29, 0.717) is 44.4 Å². The van der Waals surface area contributed by atoms with Crippen molar-refractivity contribution in [1.29, 1.82) is 0 Å². The van der Waals surface area contributed by atoms with E-state index < -0.39 is 12.1 Å². The van der Waals surface area contributed by atoms with Crippen LogP contribution < -0.4 is 10.6 Å². The van der Waals surface area contributed by atoms with Gasteiger partial charge in [-0.2, -0.15) is 0 Å². The number of carbonyl (C=O) groups is 3. The number of hydrogen-bond donors (Lipinski definition) is 3. The highest BCUT2D eigenvalue weighted by atomic mass is 16.5. The fourth-order valence-electron chi connectivity index (χ4n) is 5.44. The number of carboxylic acid groups (broad SMARTS) is 1. The first-order valence-electron chi connectivity index (χ1n) is 12.1. The van der Waals surface area contributed by atoms with Crippen LogP contribution in [0.2, 0.25) is 0 Å². The molecule has 0 radical (unpaired) electrons. The summed E-state index contributed by atoms with van der Waals surface area (Å²) in [6.45, 7) is 1.31. The first kappa shape index (κ1) is 22.4. The van der Waals surface area contributed by atoms with Crippen LogP contribution in [0.5, 0.6) is 0 Å². The third-order valence-corrected chi connectivity index (χ3v) is 7.49. The van der Waals surface area contributed by atoms with Crippen molar-refractivity contribution >= 4 is 18.0 Å². The molecule has 0 unspecified atom stereocenters. The third-order valence-electron chi connectivity index (χ3n) is 7.49. The van der Waals surface area contributed by atoms with E-state index in [-0.39, 0.29) is 23.7 Å². The van der Waals surface area contributed by atoms with Gasteiger partial charge in [-0.05, 0) is 59.3 Å². The normalized spacial score (nSPS) is 24.4. The minimum absolute atomic E-state index is 0.0102. The summed E-state index contributed by atoms with van der Waals surface area (Å²) in [5, 5.41) is 14.7. The number of alkyl carbamates (subject to hydrolysis) is 1. The molecule has 0 heterocycles. The molecule has 7 nitrogen and oxygen atoms in total. The van der Waals surface area contributed by atoms with E-state index in [1.54, 1.807) is 0 Å². The van der Waals surface area contributed by atoms with Crippen LogP contribution in [0.15, 0.2) is 48.5 Å². The first-order chi connectivity index (χ1) is 16.5. The molecular weight excluding hydrogens is 432 g/mol. The Labute approximate surface area is 198 Å². The highest BCUT2D eigenvalue weighted by Gasteiger charge is 2.43. The predicted molar refractivity (Wildman–Crippen MR) is 126 cm³/mol. The Morgan fingerprint density at radius 3 is 2.12 bits per heavy atom. The number of rotatable bonds is 9. The number of fused-ring (bicyclic) bond motifs is 3. The van der Waals surface area contributed by atoms with Crippen LogP contribution in [-0.2, 0) is 14.3 Å². The van der Waals surface area contributed by atoms with E-state index in [9.17, 15) is 14.4 Å². The summed E-state index contributed by atoms with van der Waals surface area (Å²) in [5.41, 5.74) is 4.79. The van der Waals surface area contributed by atoms with Crippen molar-refractivity contribution in [3.8, 4) is 11.1 Å². The van der Waals surface area contributed by atoms with Gasteiger partial charge in [0.1, 0.15) is 6.61 Å². The second-order valence-corrected chi connectivity index (χ2v) is 9.86. The van der Waals surface area contributed by atoms with Gasteiger partial charge in [-0.3, -0.25) is 9.59 Å². The standard InChI is InChI=1S/C27H30N2O5/c30-25(28-14-18-12-23(18)26(31)32)11-16-9-17(10-16)13-29-27(33)34-15-24-21-7-3-1-5-19(21)20-6-2-4-8-22(20)24/h1-8,16-18,23-24H,9-15H2,(H,28,30)(H,29,33)(H,31,32)/t16?,17?,18-,23-/m0/s1. The van der Waals surface area contributed by atoms with Crippen LogP contribution >= 0.6 is 0 Å². The number of ether oxygens (including phenoxy) is 1. The van der Waals surface area contributed by atoms with Gasteiger partial charge in [0.05, 0.1) is 5.92 Å². The number of benzene rings is 2. The molecule has 2 amide bonds. The van der Waals surface area contributed by atoms with Crippen LogP contribution in [-0.4, -0.2) is 42.8 Å². The van der Waals surface area contributed by atoms with Gasteiger partial charge in [-0.1, -0.05) is 48.5 Å². The lowest BCUT2D eigenvalue weighted by atomic mass is 9.73. The molecule has 0 bridgehead atoms. The molecule has 2 aromatic rings. The molecule has 2 atom stereocenters. The molecule has 2 fully saturated rings. The number of carboxylic acids is 1. The highest BCUT2D eigenvalue weighted by Crippen LogP contribution is 2.44. The van der Waals surface area contributed by atoms with Crippen molar-refractivity contribution in [3.63, 3.8) is 0 Å². The fourth-order valence-corrected chi connectivity index (χ4v) is 5.44. The van der Waals surface area contributed by atoms with E-state index in [0.717, 1.165) is 12.8 Å². The summed E-state index contributed by atoms with van der Waals surface area (Å²) < 4.78 is 5.58. The third kappa shape index (κ3) is 4.79. The van der Waals surface area contributed by atoms with E-state index in [2.05, 4.69) is 34.9 Å². The number of hydrogen-bond acceptors (Lipinski definition) is 4. The van der Waals surface area contributed by atoms with Gasteiger partial charge >= 0.3 is 12.1 Å². The van der Waals surface area contributed by atoms with Crippen LogP contribution in [0.4, 0.5) is 4.79 Å². The number of amides is 2. The topological polar surface area (TPSA) is 105 Å². The van der Waals surface area contributed by atoms with Gasteiger partial charge in [0.25, 0.3) is 0 Å². The predicted octanol–water partition coefficient (Wildman–Crippen LogP) is 3.78. The number of carbonyl (C=O) groups excluding carboxylic acids is 2. The molecule has 7 heteroatoms. The first-order valence-corrected chi connectivity index (χ1v) is 12.1. The van der Waals surface area contributed by atoms with E-state index in [1.165, 1.54) is 22.3 Å². The lowest BCUT2D eigenvalue weighted by Crippen LogP contribution is -2.38. The Kier molecular flexibility index (Phi) is 6.26. The minimum Gasteiger partial charge on any atom is -0.481 e. The molecule has 0 spiro atoms. The monoisotopic (exact) mass is 462 g/mol. The van der Waals surface area contributed by atoms with Crippen LogP contribution in [0.25, 0.3) is 11.1 Å². The molecule has 0 aliphatic heterocycles. The molecule has 178 valence electrons. The Hall–Kier alpha value is -3.35. The second-order valence-electron chi connectivity index (χ2n) is 9.86. The Morgan fingerprint density at radius 2 is 1.50 bits per heavy atom. The fraction of sp³-hybridized carbons (Fsp3) is 0.444. The molecule has 2 aromatic carbocycles. The zero-order chi connectivity index (χ0) is 23.7. The van der Waals surface area contributed by atoms with Gasteiger partial charge < -0.3 is 20.5 Å². The van der Waals surface area contributed by atoms with Crippen molar-refractivity contribution in [2.75, 3.05) is 19.7 Å². The number of aliphatic carboxylic acids is 1. The molecule has 3 aliphatic rings. The maximum Gasteiger partial charge on any atom is 0.407 e. The Bertz CT molecular complexity index is 1050. The molecular formula is C27H30N2O5. The summed E-state index contributed by atoms with van der Waals surface area (Å²) in [4.78, 5) is 35.2. The van der Waals surface area contributed by atoms with E-state index >= 15 is 0 Å². The summed E-state index contributed by atoms with van der Waals surface area (Å²) in [6.07, 6.45) is 2.52. The maximum atomic E-state index is 12.3. The Morgan fingerprint density at radius 1 is 0.853 bits per heavy atom. The molecule has 34 heavy (non-hydrogen) atoms. The van der Waals surface area contributed by atoms with Gasteiger partial charge in [0, 0.05) is 25.4 Å². The molecule has 3 N–H and O–H groups in total. The second kappa shape index (κ2) is 9.49. The average Bonchev–Trinajstić information content (AvgIpc) is 3.53. The van der Waals surface area contributed by atoms with Crippen LogP contribution in [0.3, 0.4) is 0 Å². The quantitative estimate of drug-likeness (QED) is 0.526. The van der Waals surface area contributed by atoms with Crippen LogP contribution in [0, 0.1) is 23.7 Å². The zero-order valence-electron chi connectivity index (χ0n) is 19.0. The lowest BCUT2D eigenvalue weighted by Gasteiger charge is -2.35. The smallest absolute Gasteiger partial charge is 0.407 e. The van der Waals surface area contributed by atoms with E-state index in [4.69, 9.17) is 9.84 Å². The minimum atomic E-state index is -0.773. The van der Waals surface area contributed by atoms with E-state index in [1.807, 2.05) is 24.3 Å². The summed E-state index contributed by atoms with van der Waals surface area (Å²) in [7, 11) is 0. The summed E-state index contributed by atoms with van der Waals surface area (Å²) >= 11 is 0. The lowest BCUT2D eigenvalue weighted by molar-refractivity contribution is -0.139. The molecule has 0 saturated heterocycles. The van der Waals surface area contributed by atoms with Crippen molar-refractivity contribution in [1.82, 2.24) is 10.6 Å². The van der Waals surface area contributed by atoms with Gasteiger partial charge in [0.15, 0.2) is 0 Å². The van der Waals surface area contributed by atoms with Crippen molar-refractivity contribution in [2.45, 2.75) is 31.6 Å². The molecule has 3 aliphatic carbocycles. The molecule has 2 saturated carbocycles. The van der Waals surface area contributed by atoms with Crippen molar-refractivity contribution in [3.05, 3.63) is 59.7 Å². The maximum absolute atomic E-state index is 12.3. The van der Waals surface area contributed by atoms with Crippen LogP contribution in [0.1, 0.15) is 42.7 Å². The SMILES string of the molecule is O=C(CC1CC(CNC(=O)OCC2c3ccccc3-c3ccccc32)C1)NC[C@@H]1C[C@@H]1C(=O)O. The zero-order valence-corrected chi connectivity index (χ0v) is 19.0. The highest BCUT2D eigenvalue weighted by molar-refractivity contribution is 5.79. The molecule has 0 aromatic heterocycles. The largest absolute Gasteiger partial charge is 0.481 e. The number of nitrogens with one attached hydrogen (secondary N) is 2. The Balaban J connectivity index is 0.997. The van der Waals surface area contributed by atoms with Crippen molar-refractivity contribution in [2.24, 2.45) is 23.7 Å². The van der Waals surface area contributed by atoms with Crippen molar-refractivity contribution < 1.29 is 24.2 Å². The van der Waals surface area contributed by atoms with Gasteiger partial charge in [-0.25, -0.2) is 4.79 Å². The van der Waals surface area contributed by atoms with Gasteiger partial charge in [-0.15, -0.1) is 0 Å². The average molecular weight is 463 g/mol.